The smallest absolute Gasteiger partial charge is 0.326 e. The minimum absolute atomic E-state index is 0.176. The summed E-state index contributed by atoms with van der Waals surface area (Å²) in [4.78, 5) is 78.5. The summed E-state index contributed by atoms with van der Waals surface area (Å²) in [5.41, 5.74) is -8.85. The Bertz CT molecular complexity index is 658. The van der Waals surface area contributed by atoms with Crippen LogP contribution in [0.25, 0.3) is 0 Å². The lowest BCUT2D eigenvalue weighted by Crippen LogP contribution is -2.75. The first-order valence-corrected chi connectivity index (χ1v) is 8.61. The maximum Gasteiger partial charge on any atom is 0.326 e. The largest absolute Gasteiger partial charge is 0.468 e. The molecule has 0 atom stereocenters. The van der Waals surface area contributed by atoms with Gasteiger partial charge >= 0.3 is 35.8 Å². The molecular weight excluding hydrogens is 408 g/mol. The van der Waals surface area contributed by atoms with Crippen molar-refractivity contribution in [2.24, 2.45) is 16.2 Å². The van der Waals surface area contributed by atoms with E-state index in [0.717, 1.165) is 42.7 Å². The van der Waals surface area contributed by atoms with Crippen molar-refractivity contribution in [1.82, 2.24) is 0 Å². The van der Waals surface area contributed by atoms with Gasteiger partial charge in [0.25, 0.3) is 0 Å². The minimum Gasteiger partial charge on any atom is -0.468 e. The lowest BCUT2D eigenvalue weighted by atomic mass is 9.44. The molecule has 0 radical (unpaired) electrons. The average Bonchev–Trinajstić information content (AvgIpc) is 2.79. The van der Waals surface area contributed by atoms with Crippen LogP contribution in [0.4, 0.5) is 0 Å². The Morgan fingerprint density at radius 3 is 0.900 bits per heavy atom. The molecule has 0 aromatic heterocycles. The monoisotopic (exact) mass is 432 g/mol. The predicted octanol–water partition coefficient (Wildman–Crippen LogP) is -0.832. The molecule has 0 saturated heterocycles. The highest BCUT2D eigenvalue weighted by Crippen LogP contribution is 2.63. The van der Waals surface area contributed by atoms with E-state index in [0.29, 0.717) is 0 Å². The second kappa shape index (κ2) is 9.09. The second-order valence-electron chi connectivity index (χ2n) is 6.36. The van der Waals surface area contributed by atoms with Crippen LogP contribution >= 0.6 is 0 Å². The van der Waals surface area contributed by atoms with Gasteiger partial charge in [0.1, 0.15) is 0 Å². The third-order valence-corrected chi connectivity index (χ3v) is 5.50. The van der Waals surface area contributed by atoms with E-state index in [1.165, 1.54) is 0 Å². The topological polar surface area (TPSA) is 158 Å². The first kappa shape index (κ1) is 24.9. The number of hydrogen-bond acceptors (Lipinski definition) is 12. The van der Waals surface area contributed by atoms with Crippen molar-refractivity contribution in [1.29, 1.82) is 0 Å². The van der Waals surface area contributed by atoms with Crippen LogP contribution in [0.5, 0.6) is 0 Å². The van der Waals surface area contributed by atoms with Crippen LogP contribution in [0.15, 0.2) is 0 Å². The summed E-state index contributed by atoms with van der Waals surface area (Å²) in [6, 6.07) is 0. The highest BCUT2D eigenvalue weighted by atomic mass is 16.6. The third kappa shape index (κ3) is 2.81. The molecule has 12 heteroatoms. The van der Waals surface area contributed by atoms with E-state index >= 15 is 0 Å². The van der Waals surface area contributed by atoms with Gasteiger partial charge in [0.15, 0.2) is 10.8 Å². The van der Waals surface area contributed by atoms with Crippen molar-refractivity contribution in [2.45, 2.75) is 19.3 Å². The van der Waals surface area contributed by atoms with Crippen LogP contribution in [0.1, 0.15) is 19.3 Å². The maximum atomic E-state index is 13.2. The maximum absolute atomic E-state index is 13.2. The lowest BCUT2D eigenvalue weighted by molar-refractivity contribution is -0.230. The normalized spacial score (nSPS) is 18.2. The van der Waals surface area contributed by atoms with E-state index in [1.807, 2.05) is 0 Å². The Kier molecular flexibility index (Phi) is 7.54. The SMILES string of the molecule is COC(=O)C1(C(=O)OC)CCCC(C(=O)OC)(C(=O)OC)C1(C(=O)OC)C(=O)OC. The second-order valence-corrected chi connectivity index (χ2v) is 6.36. The number of esters is 6. The molecule has 0 aromatic rings. The van der Waals surface area contributed by atoms with Crippen molar-refractivity contribution in [2.75, 3.05) is 42.7 Å². The predicted molar refractivity (Wildman–Crippen MR) is 93.2 cm³/mol. The highest BCUT2D eigenvalue weighted by molar-refractivity contribution is 6.22. The number of hydrogen-bond donors (Lipinski definition) is 0. The zero-order chi connectivity index (χ0) is 23.3. The zero-order valence-electron chi connectivity index (χ0n) is 17.5. The fourth-order valence-electron chi connectivity index (χ4n) is 4.33. The van der Waals surface area contributed by atoms with Gasteiger partial charge in [-0.3, -0.25) is 28.8 Å². The van der Waals surface area contributed by atoms with E-state index in [9.17, 15) is 28.8 Å². The molecule has 0 bridgehead atoms. The number of rotatable bonds is 6. The van der Waals surface area contributed by atoms with Gasteiger partial charge in [-0.2, -0.15) is 0 Å². The summed E-state index contributed by atoms with van der Waals surface area (Å²) >= 11 is 0. The van der Waals surface area contributed by atoms with Gasteiger partial charge in [0.2, 0.25) is 5.41 Å². The van der Waals surface area contributed by atoms with Crippen LogP contribution < -0.4 is 0 Å². The van der Waals surface area contributed by atoms with Crippen molar-refractivity contribution in [3.8, 4) is 0 Å². The molecule has 0 amide bonds. The summed E-state index contributed by atoms with van der Waals surface area (Å²) < 4.78 is 28.4. The Morgan fingerprint density at radius 1 is 0.467 bits per heavy atom. The molecule has 30 heavy (non-hydrogen) atoms. The Balaban J connectivity index is 4.43. The zero-order valence-corrected chi connectivity index (χ0v) is 17.5. The molecule has 1 fully saturated rings. The number of methoxy groups -OCH3 is 6. The fourth-order valence-corrected chi connectivity index (χ4v) is 4.33. The Hall–Kier alpha value is -3.18. The van der Waals surface area contributed by atoms with Gasteiger partial charge in [-0.1, -0.05) is 0 Å². The molecule has 1 rings (SSSR count). The number of ether oxygens (including phenoxy) is 6. The van der Waals surface area contributed by atoms with E-state index < -0.39 is 64.9 Å². The molecule has 1 saturated carbocycles. The molecule has 0 aliphatic heterocycles. The summed E-state index contributed by atoms with van der Waals surface area (Å²) in [5.74, 6) is -8.82. The first-order valence-electron chi connectivity index (χ1n) is 8.61. The van der Waals surface area contributed by atoms with Crippen LogP contribution in [0, 0.1) is 16.2 Å². The van der Waals surface area contributed by atoms with Gasteiger partial charge in [-0.15, -0.1) is 0 Å². The van der Waals surface area contributed by atoms with Crippen LogP contribution in [0.2, 0.25) is 0 Å². The molecule has 0 heterocycles. The van der Waals surface area contributed by atoms with Crippen molar-refractivity contribution in [3.63, 3.8) is 0 Å². The minimum atomic E-state index is -3.21. The van der Waals surface area contributed by atoms with E-state index in [2.05, 4.69) is 0 Å². The fraction of sp³-hybridized carbons (Fsp3) is 0.667. The molecule has 168 valence electrons. The van der Waals surface area contributed by atoms with Gasteiger partial charge in [-0.25, -0.2) is 0 Å². The number of carbonyl (C=O) groups excluding carboxylic acids is 6. The summed E-state index contributed by atoms with van der Waals surface area (Å²) in [6.07, 6.45) is -1.19. The van der Waals surface area contributed by atoms with E-state index in [-0.39, 0.29) is 6.42 Å². The molecule has 0 spiro atoms. The van der Waals surface area contributed by atoms with E-state index in [1.54, 1.807) is 0 Å². The van der Waals surface area contributed by atoms with Gasteiger partial charge in [0, 0.05) is 0 Å². The summed E-state index contributed by atoms with van der Waals surface area (Å²) in [7, 11) is 5.22. The molecular formula is C18H24O12. The molecule has 0 unspecified atom stereocenters. The molecule has 0 aromatic carbocycles. The van der Waals surface area contributed by atoms with Gasteiger partial charge < -0.3 is 28.4 Å². The quantitative estimate of drug-likeness (QED) is 0.292. The molecule has 0 N–H and O–H groups in total. The summed E-state index contributed by atoms with van der Waals surface area (Å²) in [6.45, 7) is 0. The molecule has 12 nitrogen and oxygen atoms in total. The van der Waals surface area contributed by atoms with Crippen LogP contribution in [-0.2, 0) is 57.2 Å². The third-order valence-electron chi connectivity index (χ3n) is 5.50. The van der Waals surface area contributed by atoms with Crippen LogP contribution in [-0.4, -0.2) is 78.5 Å². The Labute approximate surface area is 172 Å². The van der Waals surface area contributed by atoms with E-state index in [4.69, 9.17) is 28.4 Å². The number of carbonyl (C=O) groups is 6. The molecule has 1 aliphatic rings. The lowest BCUT2D eigenvalue weighted by Gasteiger charge is -2.52. The van der Waals surface area contributed by atoms with Crippen molar-refractivity contribution >= 4 is 35.8 Å². The van der Waals surface area contributed by atoms with Crippen LogP contribution in [0.3, 0.4) is 0 Å². The average molecular weight is 432 g/mol. The molecule has 1 aliphatic carbocycles. The van der Waals surface area contributed by atoms with Gasteiger partial charge in [-0.05, 0) is 19.3 Å². The first-order chi connectivity index (χ1) is 14.1. The van der Waals surface area contributed by atoms with Gasteiger partial charge in [0.05, 0.1) is 42.7 Å². The van der Waals surface area contributed by atoms with Crippen molar-refractivity contribution < 1.29 is 57.2 Å². The Morgan fingerprint density at radius 2 is 0.700 bits per heavy atom. The summed E-state index contributed by atoms with van der Waals surface area (Å²) in [5, 5.41) is 0. The highest BCUT2D eigenvalue weighted by Gasteiger charge is 2.86. The van der Waals surface area contributed by atoms with Crippen molar-refractivity contribution in [3.05, 3.63) is 0 Å². The standard InChI is InChI=1S/C18H24O12/c1-25-10(19)16(11(20)26-2)8-7-9-17(12(21)27-3,13(22)28-4)18(16,14(23)29-5)15(24)30-6/h7-9H2,1-6H3.